The zero-order valence-electron chi connectivity index (χ0n) is 13.6. The van der Waals surface area contributed by atoms with Crippen LogP contribution in [-0.4, -0.2) is 58.8 Å². The average Bonchev–Trinajstić information content (AvgIpc) is 2.81. The number of amides is 1. The number of likely N-dealkylation sites (N-methyl/N-ethyl adjacent to an activating group) is 2. The fraction of sp³-hybridized carbons (Fsp3) is 0.500. The summed E-state index contributed by atoms with van der Waals surface area (Å²) in [6, 6.07) is 4.16. The third kappa shape index (κ3) is 3.84. The highest BCUT2D eigenvalue weighted by molar-refractivity contribution is 5.78. The van der Waals surface area contributed by atoms with E-state index in [0.29, 0.717) is 13.1 Å². The minimum absolute atomic E-state index is 0.0612. The second kappa shape index (κ2) is 6.89. The molecule has 6 nitrogen and oxygen atoms in total. The molecule has 2 rings (SSSR count). The Hall–Kier alpha value is -1.92. The number of aliphatic hydroxyl groups is 1. The molecule has 1 aromatic carbocycles. The summed E-state index contributed by atoms with van der Waals surface area (Å²) in [5, 5.41) is 12.8. The van der Waals surface area contributed by atoms with Crippen LogP contribution in [0.3, 0.4) is 0 Å². The van der Waals surface area contributed by atoms with Crippen molar-refractivity contribution in [2.24, 2.45) is 0 Å². The first-order valence-corrected chi connectivity index (χ1v) is 7.40. The van der Waals surface area contributed by atoms with E-state index in [1.165, 1.54) is 11.1 Å². The molecule has 0 radical (unpaired) electrons. The Morgan fingerprint density at radius 1 is 1.41 bits per heavy atom. The molecule has 6 heteroatoms. The van der Waals surface area contributed by atoms with Crippen LogP contribution in [0.4, 0.5) is 0 Å². The van der Waals surface area contributed by atoms with Crippen LogP contribution >= 0.6 is 0 Å². The molecule has 0 aliphatic carbocycles. The molecule has 0 saturated heterocycles. The fourth-order valence-corrected chi connectivity index (χ4v) is 2.49. The number of aliphatic hydroxyl groups excluding tert-OH is 1. The van der Waals surface area contributed by atoms with E-state index in [0.717, 1.165) is 11.0 Å². The first kappa shape index (κ1) is 16.5. The van der Waals surface area contributed by atoms with Crippen molar-refractivity contribution in [2.45, 2.75) is 26.5 Å². The molecule has 1 heterocycles. The molecule has 2 N–H and O–H groups in total. The number of fused-ring (bicyclic) bond motifs is 1. The molecule has 2 aromatic rings. The lowest BCUT2D eigenvalue weighted by atomic mass is 10.1. The summed E-state index contributed by atoms with van der Waals surface area (Å²) in [4.78, 5) is 17.5. The molecule has 22 heavy (non-hydrogen) atoms. The monoisotopic (exact) mass is 304 g/mol. The zero-order chi connectivity index (χ0) is 16.3. The molecule has 0 aliphatic rings. The first-order valence-electron chi connectivity index (χ1n) is 7.40. The summed E-state index contributed by atoms with van der Waals surface area (Å²) in [7, 11) is 3.42. The van der Waals surface area contributed by atoms with Crippen molar-refractivity contribution < 1.29 is 9.90 Å². The maximum atomic E-state index is 11.3. The number of aryl methyl sites for hydroxylation is 2. The van der Waals surface area contributed by atoms with Crippen molar-refractivity contribution in [1.29, 1.82) is 0 Å². The van der Waals surface area contributed by atoms with Crippen LogP contribution < -0.4 is 5.32 Å². The van der Waals surface area contributed by atoms with Gasteiger partial charge in [0, 0.05) is 13.6 Å². The lowest BCUT2D eigenvalue weighted by Gasteiger charge is -2.20. The van der Waals surface area contributed by atoms with E-state index < -0.39 is 6.10 Å². The topological polar surface area (TPSA) is 70.4 Å². The maximum Gasteiger partial charge on any atom is 0.233 e. The van der Waals surface area contributed by atoms with E-state index in [9.17, 15) is 9.90 Å². The number of nitrogens with one attached hydrogen (secondary N) is 1. The van der Waals surface area contributed by atoms with E-state index in [-0.39, 0.29) is 12.5 Å². The third-order valence-corrected chi connectivity index (χ3v) is 3.86. The highest BCUT2D eigenvalue weighted by Crippen LogP contribution is 2.18. The van der Waals surface area contributed by atoms with Gasteiger partial charge < -0.3 is 15.0 Å². The summed E-state index contributed by atoms with van der Waals surface area (Å²) >= 11 is 0. The third-order valence-electron chi connectivity index (χ3n) is 3.86. The van der Waals surface area contributed by atoms with E-state index in [1.807, 2.05) is 11.6 Å². The summed E-state index contributed by atoms with van der Waals surface area (Å²) < 4.78 is 1.96. The number of nitrogens with zero attached hydrogens (tertiary/aromatic N) is 3. The standard InChI is InChI=1S/C16H24N4O2/c1-11-5-14-15(6-12(11)2)20(10-18-14)8-13(21)7-19(4)9-16(22)17-3/h5-6,10,13,21H,7-9H2,1-4H3,(H,17,22)/t13-/m1/s1. The van der Waals surface area contributed by atoms with Gasteiger partial charge in [0.2, 0.25) is 5.91 Å². The number of rotatable bonds is 6. The van der Waals surface area contributed by atoms with E-state index in [2.05, 4.69) is 36.3 Å². The number of imidazole rings is 1. The number of aromatic nitrogens is 2. The Labute approximate surface area is 130 Å². The quantitative estimate of drug-likeness (QED) is 0.824. The van der Waals surface area contributed by atoms with Crippen LogP contribution in [0.15, 0.2) is 18.5 Å². The normalized spacial score (nSPS) is 12.8. The van der Waals surface area contributed by atoms with Gasteiger partial charge in [-0.1, -0.05) is 0 Å². The van der Waals surface area contributed by atoms with Crippen molar-refractivity contribution >= 4 is 16.9 Å². The van der Waals surface area contributed by atoms with Gasteiger partial charge in [0.1, 0.15) is 0 Å². The lowest BCUT2D eigenvalue weighted by Crippen LogP contribution is -2.38. The smallest absolute Gasteiger partial charge is 0.233 e. The summed E-state index contributed by atoms with van der Waals surface area (Å²) in [5.74, 6) is -0.0612. The Morgan fingerprint density at radius 3 is 2.77 bits per heavy atom. The van der Waals surface area contributed by atoms with Gasteiger partial charge in [-0.3, -0.25) is 9.69 Å². The van der Waals surface area contributed by atoms with Gasteiger partial charge in [-0.25, -0.2) is 4.98 Å². The van der Waals surface area contributed by atoms with Gasteiger partial charge in [-0.15, -0.1) is 0 Å². The van der Waals surface area contributed by atoms with Crippen LogP contribution in [0, 0.1) is 13.8 Å². The Morgan fingerprint density at radius 2 is 2.09 bits per heavy atom. The second-order valence-electron chi connectivity index (χ2n) is 5.85. The van der Waals surface area contributed by atoms with Gasteiger partial charge in [0.05, 0.1) is 36.6 Å². The molecule has 0 fully saturated rings. The molecule has 0 bridgehead atoms. The average molecular weight is 304 g/mol. The SMILES string of the molecule is CNC(=O)CN(C)C[C@@H](O)Cn1cnc2cc(C)c(C)cc21. The molecule has 1 aromatic heterocycles. The first-order chi connectivity index (χ1) is 10.4. The maximum absolute atomic E-state index is 11.3. The van der Waals surface area contributed by atoms with Gasteiger partial charge in [0.25, 0.3) is 0 Å². The fourth-order valence-electron chi connectivity index (χ4n) is 2.49. The van der Waals surface area contributed by atoms with Gasteiger partial charge in [-0.05, 0) is 44.2 Å². The zero-order valence-corrected chi connectivity index (χ0v) is 13.6. The van der Waals surface area contributed by atoms with Crippen molar-refractivity contribution in [2.75, 3.05) is 27.2 Å². The van der Waals surface area contributed by atoms with Crippen LogP contribution in [0.1, 0.15) is 11.1 Å². The van der Waals surface area contributed by atoms with Gasteiger partial charge >= 0.3 is 0 Å². The predicted octanol–water partition coefficient (Wildman–Crippen LogP) is 0.692. The van der Waals surface area contributed by atoms with E-state index in [1.54, 1.807) is 18.3 Å². The molecule has 1 atom stereocenters. The van der Waals surface area contributed by atoms with Crippen LogP contribution in [0.25, 0.3) is 11.0 Å². The van der Waals surface area contributed by atoms with Crippen LogP contribution in [-0.2, 0) is 11.3 Å². The number of carbonyl (C=O) groups excluding carboxylic acids is 1. The Kier molecular flexibility index (Phi) is 5.15. The van der Waals surface area contributed by atoms with Gasteiger partial charge in [-0.2, -0.15) is 0 Å². The molecule has 1 amide bonds. The van der Waals surface area contributed by atoms with Crippen molar-refractivity contribution in [3.63, 3.8) is 0 Å². The molecular weight excluding hydrogens is 280 g/mol. The Bertz CT molecular complexity index is 665. The molecule has 0 aliphatic heterocycles. The van der Waals surface area contributed by atoms with Crippen molar-refractivity contribution in [3.05, 3.63) is 29.6 Å². The van der Waals surface area contributed by atoms with E-state index in [4.69, 9.17) is 0 Å². The molecule has 120 valence electrons. The minimum Gasteiger partial charge on any atom is -0.390 e. The molecule has 0 spiro atoms. The highest BCUT2D eigenvalue weighted by Gasteiger charge is 2.13. The van der Waals surface area contributed by atoms with Crippen molar-refractivity contribution in [1.82, 2.24) is 19.8 Å². The molecule has 0 unspecified atom stereocenters. The Balaban J connectivity index is 2.04. The van der Waals surface area contributed by atoms with Gasteiger partial charge in [0.15, 0.2) is 0 Å². The van der Waals surface area contributed by atoms with Crippen LogP contribution in [0.2, 0.25) is 0 Å². The number of hydrogen-bond acceptors (Lipinski definition) is 4. The summed E-state index contributed by atoms with van der Waals surface area (Å²) in [6.45, 7) is 5.29. The number of carbonyl (C=O) groups is 1. The lowest BCUT2D eigenvalue weighted by molar-refractivity contribution is -0.121. The summed E-state index contributed by atoms with van der Waals surface area (Å²) in [5.41, 5.74) is 4.38. The van der Waals surface area contributed by atoms with Crippen LogP contribution in [0.5, 0.6) is 0 Å². The highest BCUT2D eigenvalue weighted by atomic mass is 16.3. The number of benzene rings is 1. The second-order valence-corrected chi connectivity index (χ2v) is 5.85. The minimum atomic E-state index is -0.561. The van der Waals surface area contributed by atoms with Crippen molar-refractivity contribution in [3.8, 4) is 0 Å². The molecular formula is C16H24N4O2. The van der Waals surface area contributed by atoms with E-state index >= 15 is 0 Å². The number of hydrogen-bond donors (Lipinski definition) is 2. The summed E-state index contributed by atoms with van der Waals surface area (Å²) in [6.07, 6.45) is 1.19. The largest absolute Gasteiger partial charge is 0.390 e. The molecule has 0 saturated carbocycles. The predicted molar refractivity (Wildman–Crippen MR) is 86.8 cm³/mol.